The fourth-order valence-electron chi connectivity index (χ4n) is 5.85. The molecule has 0 saturated carbocycles. The van der Waals surface area contributed by atoms with Gasteiger partial charge in [-0.2, -0.15) is 5.26 Å². The van der Waals surface area contributed by atoms with Gasteiger partial charge in [-0.25, -0.2) is 13.2 Å². The summed E-state index contributed by atoms with van der Waals surface area (Å²) in [6.45, 7) is 0.910. The molecule has 0 aliphatic carbocycles. The summed E-state index contributed by atoms with van der Waals surface area (Å²) in [6.07, 6.45) is 1.65. The number of benzene rings is 3. The molecule has 1 atom stereocenters. The van der Waals surface area contributed by atoms with Crippen LogP contribution in [0.2, 0.25) is 0 Å². The Hall–Kier alpha value is -4.50. The highest BCUT2D eigenvalue weighted by Gasteiger charge is 2.40. The maximum Gasteiger partial charge on any atom is 0.255 e. The van der Waals surface area contributed by atoms with Crippen LogP contribution in [0, 0.1) is 28.8 Å². The van der Waals surface area contributed by atoms with Crippen molar-refractivity contribution in [1.29, 1.82) is 5.26 Å². The number of hydrogen-bond acceptors (Lipinski definition) is 7. The number of hydrogen-bond donors (Lipinski definition) is 1. The molecule has 0 bridgehead atoms. The zero-order valence-corrected chi connectivity index (χ0v) is 24.3. The van der Waals surface area contributed by atoms with Gasteiger partial charge in [0.1, 0.15) is 35.8 Å². The van der Waals surface area contributed by atoms with Crippen LogP contribution in [0.3, 0.4) is 0 Å². The zero-order chi connectivity index (χ0) is 31.0. The molecule has 44 heavy (non-hydrogen) atoms. The number of fused-ring (bicyclic) bond motifs is 1. The van der Waals surface area contributed by atoms with Gasteiger partial charge in [-0.3, -0.25) is 19.7 Å². The first-order chi connectivity index (χ1) is 21.2. The molecule has 2 fully saturated rings. The van der Waals surface area contributed by atoms with Crippen LogP contribution >= 0.6 is 11.8 Å². The number of halogens is 3. The number of imide groups is 1. The molecule has 12 heteroatoms. The highest BCUT2D eigenvalue weighted by atomic mass is 32.2. The Balaban J connectivity index is 1.08. The van der Waals surface area contributed by atoms with Crippen LogP contribution in [-0.2, 0) is 22.7 Å². The molecule has 3 aliphatic rings. The summed E-state index contributed by atoms with van der Waals surface area (Å²) in [5.74, 6) is -2.58. The van der Waals surface area contributed by atoms with Crippen LogP contribution in [0.5, 0.6) is 5.75 Å². The van der Waals surface area contributed by atoms with Gasteiger partial charge in [-0.1, -0.05) is 6.07 Å². The van der Waals surface area contributed by atoms with Crippen molar-refractivity contribution in [3.8, 4) is 11.8 Å². The second-order valence-electron chi connectivity index (χ2n) is 10.9. The van der Waals surface area contributed by atoms with Gasteiger partial charge < -0.3 is 14.5 Å². The van der Waals surface area contributed by atoms with Crippen molar-refractivity contribution in [3.63, 3.8) is 0 Å². The number of rotatable bonds is 7. The number of piperidine rings is 2. The molecule has 0 radical (unpaired) electrons. The maximum absolute atomic E-state index is 15.1. The van der Waals surface area contributed by atoms with Gasteiger partial charge in [0.25, 0.3) is 5.91 Å². The molecule has 3 aromatic rings. The summed E-state index contributed by atoms with van der Waals surface area (Å²) >= 11 is 1.25. The van der Waals surface area contributed by atoms with Crippen molar-refractivity contribution >= 4 is 35.2 Å². The van der Waals surface area contributed by atoms with Crippen LogP contribution in [0.1, 0.15) is 52.7 Å². The number of thioether (sulfide) groups is 1. The van der Waals surface area contributed by atoms with Gasteiger partial charge in [-0.15, -0.1) is 11.8 Å². The molecule has 226 valence electrons. The predicted octanol–water partition coefficient (Wildman–Crippen LogP) is 5.08. The van der Waals surface area contributed by atoms with Crippen LogP contribution < -0.4 is 15.0 Å². The van der Waals surface area contributed by atoms with E-state index < -0.39 is 29.4 Å². The monoisotopic (exact) mass is 620 g/mol. The molecular weight excluding hydrogens is 593 g/mol. The predicted molar refractivity (Wildman–Crippen MR) is 155 cm³/mol. The van der Waals surface area contributed by atoms with Gasteiger partial charge in [0.05, 0.1) is 23.9 Å². The molecule has 6 rings (SSSR count). The molecule has 3 amide bonds. The van der Waals surface area contributed by atoms with E-state index in [1.807, 2.05) is 11.0 Å². The van der Waals surface area contributed by atoms with Gasteiger partial charge in [0.2, 0.25) is 11.8 Å². The Labute approximate surface area is 255 Å². The van der Waals surface area contributed by atoms with Crippen molar-refractivity contribution in [2.45, 2.75) is 55.0 Å². The quantitative estimate of drug-likeness (QED) is 0.368. The summed E-state index contributed by atoms with van der Waals surface area (Å²) in [5.41, 5.74) is 1.59. The number of carbonyl (C=O) groups is 3. The Morgan fingerprint density at radius 2 is 1.77 bits per heavy atom. The molecule has 0 unspecified atom stereocenters. The lowest BCUT2D eigenvalue weighted by molar-refractivity contribution is -0.136. The lowest BCUT2D eigenvalue weighted by Crippen LogP contribution is -2.52. The number of anilines is 1. The van der Waals surface area contributed by atoms with Crippen LogP contribution in [0.4, 0.5) is 18.9 Å². The average molecular weight is 621 g/mol. The topological polar surface area (TPSA) is 103 Å². The first kappa shape index (κ1) is 29.6. The van der Waals surface area contributed by atoms with E-state index in [2.05, 4.69) is 5.32 Å². The highest BCUT2D eigenvalue weighted by Crippen LogP contribution is 2.37. The smallest absolute Gasteiger partial charge is 0.255 e. The van der Waals surface area contributed by atoms with E-state index in [0.29, 0.717) is 48.5 Å². The third kappa shape index (κ3) is 5.84. The summed E-state index contributed by atoms with van der Waals surface area (Å²) in [5, 5.41) is 11.2. The third-order valence-electron chi connectivity index (χ3n) is 8.18. The number of nitriles is 1. The summed E-state index contributed by atoms with van der Waals surface area (Å²) in [4.78, 5) is 40.4. The molecule has 8 nitrogen and oxygen atoms in total. The molecule has 3 aromatic carbocycles. The number of nitrogens with one attached hydrogen (secondary N) is 1. The molecular formula is C32H27F3N4O4S. The standard InChI is InChI=1S/C32H27F3N4O4S/c33-23-14-29(44-20-8-10-38(11-9-20)26-5-4-18(15-36)12-24(26)34)25(35)13-19(23)17-43-28-3-1-2-21-22(28)16-39(32(21)42)27-6-7-30(40)37-31(27)41/h1-5,12-14,20,27H,6-11,16-17H2,(H,37,40,41)/t27-/m0/s1. The Morgan fingerprint density at radius 1 is 0.977 bits per heavy atom. The SMILES string of the molecule is N#Cc1ccc(N2CCC(Sc3cc(F)c(COc4cccc5c4CN([C@H]4CCC(=O)NC4=O)C5=O)cc3F)CC2)c(F)c1. The lowest BCUT2D eigenvalue weighted by atomic mass is 10.0. The van der Waals surface area contributed by atoms with E-state index in [4.69, 9.17) is 10.00 Å². The van der Waals surface area contributed by atoms with Crippen molar-refractivity contribution < 1.29 is 32.3 Å². The minimum Gasteiger partial charge on any atom is -0.488 e. The van der Waals surface area contributed by atoms with Gasteiger partial charge in [0.15, 0.2) is 0 Å². The number of ether oxygens (including phenoxy) is 1. The lowest BCUT2D eigenvalue weighted by Gasteiger charge is -2.33. The van der Waals surface area contributed by atoms with E-state index in [0.717, 1.165) is 12.1 Å². The summed E-state index contributed by atoms with van der Waals surface area (Å²) in [6, 6.07) is 12.7. The second kappa shape index (κ2) is 12.2. The normalized spacial score (nSPS) is 18.7. The van der Waals surface area contributed by atoms with Crippen molar-refractivity contribution in [1.82, 2.24) is 10.2 Å². The molecule has 3 heterocycles. The summed E-state index contributed by atoms with van der Waals surface area (Å²) < 4.78 is 50.6. The second-order valence-corrected chi connectivity index (χ2v) is 12.3. The minimum atomic E-state index is -0.776. The van der Waals surface area contributed by atoms with Gasteiger partial charge in [0, 0.05) is 46.3 Å². The van der Waals surface area contributed by atoms with Crippen LogP contribution in [0.25, 0.3) is 0 Å². The van der Waals surface area contributed by atoms with Crippen LogP contribution in [-0.4, -0.2) is 47.0 Å². The number of carbonyl (C=O) groups excluding carboxylic acids is 3. The first-order valence-electron chi connectivity index (χ1n) is 14.2. The Morgan fingerprint density at radius 3 is 2.50 bits per heavy atom. The van der Waals surface area contributed by atoms with Crippen molar-refractivity contribution in [3.05, 3.63) is 88.2 Å². The highest BCUT2D eigenvalue weighted by molar-refractivity contribution is 8.00. The van der Waals surface area contributed by atoms with Gasteiger partial charge >= 0.3 is 0 Å². The molecule has 2 saturated heterocycles. The largest absolute Gasteiger partial charge is 0.488 e. The number of nitrogens with zero attached hydrogens (tertiary/aromatic N) is 3. The van der Waals surface area contributed by atoms with Gasteiger partial charge in [-0.05, 0) is 61.7 Å². The number of amides is 3. The maximum atomic E-state index is 15.1. The summed E-state index contributed by atoms with van der Waals surface area (Å²) in [7, 11) is 0. The Bertz CT molecular complexity index is 1700. The zero-order valence-electron chi connectivity index (χ0n) is 23.4. The van der Waals surface area contributed by atoms with E-state index in [-0.39, 0.29) is 59.1 Å². The molecule has 0 spiro atoms. The van der Waals surface area contributed by atoms with Crippen molar-refractivity contribution in [2.75, 3.05) is 18.0 Å². The van der Waals surface area contributed by atoms with E-state index in [1.165, 1.54) is 22.7 Å². The third-order valence-corrected chi connectivity index (χ3v) is 9.55. The van der Waals surface area contributed by atoms with E-state index >= 15 is 8.78 Å². The minimum absolute atomic E-state index is 0.0143. The van der Waals surface area contributed by atoms with Crippen LogP contribution in [0.15, 0.2) is 53.4 Å². The first-order valence-corrected chi connectivity index (χ1v) is 15.1. The molecule has 0 aromatic heterocycles. The van der Waals surface area contributed by atoms with E-state index in [1.54, 1.807) is 30.3 Å². The fraction of sp³-hybridized carbons (Fsp3) is 0.312. The Kier molecular flexibility index (Phi) is 8.23. The fourth-order valence-corrected chi connectivity index (χ4v) is 6.99. The molecule has 3 aliphatic heterocycles. The van der Waals surface area contributed by atoms with Crippen molar-refractivity contribution in [2.24, 2.45) is 0 Å². The average Bonchev–Trinajstić information content (AvgIpc) is 3.35. The molecule has 1 N–H and O–H groups in total. The van der Waals surface area contributed by atoms with E-state index in [9.17, 15) is 18.8 Å².